The first-order valence-corrected chi connectivity index (χ1v) is 7.43. The van der Waals surface area contributed by atoms with Gasteiger partial charge in [0.05, 0.1) is 11.6 Å². The highest BCUT2D eigenvalue weighted by molar-refractivity contribution is 6.31. The standard InChI is InChI=1S/C17H14ClN3O2/c1-11-6-7-13(18)8-15(11)20-16(22)10-21-17(23)14-5-3-2-4-12(14)9-19-21/h2-9H,10H2,1H3,(H,20,22). The minimum Gasteiger partial charge on any atom is -0.324 e. The third-order valence-corrected chi connectivity index (χ3v) is 3.76. The second-order valence-corrected chi connectivity index (χ2v) is 5.64. The normalized spacial score (nSPS) is 10.7. The van der Waals surface area contributed by atoms with Crippen molar-refractivity contribution < 1.29 is 4.79 Å². The van der Waals surface area contributed by atoms with Crippen molar-refractivity contribution in [3.8, 4) is 0 Å². The van der Waals surface area contributed by atoms with Crippen molar-refractivity contribution >= 4 is 34.0 Å². The quantitative estimate of drug-likeness (QED) is 0.804. The molecule has 3 rings (SSSR count). The Morgan fingerprint density at radius 3 is 2.87 bits per heavy atom. The van der Waals surface area contributed by atoms with E-state index in [9.17, 15) is 9.59 Å². The van der Waals surface area contributed by atoms with Gasteiger partial charge in [0, 0.05) is 16.1 Å². The van der Waals surface area contributed by atoms with E-state index in [-0.39, 0.29) is 18.0 Å². The molecule has 3 aromatic rings. The van der Waals surface area contributed by atoms with Gasteiger partial charge >= 0.3 is 0 Å². The van der Waals surface area contributed by atoms with Gasteiger partial charge in [0.25, 0.3) is 5.56 Å². The molecule has 23 heavy (non-hydrogen) atoms. The van der Waals surface area contributed by atoms with E-state index in [1.807, 2.05) is 25.1 Å². The van der Waals surface area contributed by atoms with E-state index >= 15 is 0 Å². The van der Waals surface area contributed by atoms with Crippen LogP contribution in [0.4, 0.5) is 5.69 Å². The molecule has 2 aromatic carbocycles. The van der Waals surface area contributed by atoms with Gasteiger partial charge in [-0.15, -0.1) is 0 Å². The van der Waals surface area contributed by atoms with E-state index in [0.717, 1.165) is 15.6 Å². The van der Waals surface area contributed by atoms with Gasteiger partial charge in [-0.3, -0.25) is 9.59 Å². The zero-order valence-corrected chi connectivity index (χ0v) is 13.2. The van der Waals surface area contributed by atoms with Gasteiger partial charge in [0.2, 0.25) is 5.91 Å². The number of rotatable bonds is 3. The number of benzene rings is 2. The molecule has 0 fully saturated rings. The van der Waals surface area contributed by atoms with Crippen molar-refractivity contribution in [1.82, 2.24) is 9.78 Å². The summed E-state index contributed by atoms with van der Waals surface area (Å²) in [4.78, 5) is 24.5. The van der Waals surface area contributed by atoms with Gasteiger partial charge in [0.1, 0.15) is 6.54 Å². The maximum Gasteiger partial charge on any atom is 0.275 e. The number of nitrogens with one attached hydrogen (secondary N) is 1. The van der Waals surface area contributed by atoms with Crippen LogP contribution < -0.4 is 10.9 Å². The Morgan fingerprint density at radius 1 is 1.26 bits per heavy atom. The van der Waals surface area contributed by atoms with Crippen molar-refractivity contribution in [1.29, 1.82) is 0 Å². The van der Waals surface area contributed by atoms with Crippen LogP contribution in [0, 0.1) is 6.92 Å². The van der Waals surface area contributed by atoms with E-state index in [2.05, 4.69) is 10.4 Å². The van der Waals surface area contributed by atoms with Crippen LogP contribution in [-0.2, 0) is 11.3 Å². The molecule has 0 atom stereocenters. The van der Waals surface area contributed by atoms with Gasteiger partial charge in [-0.1, -0.05) is 35.9 Å². The number of halogens is 1. The predicted molar refractivity (Wildman–Crippen MR) is 90.8 cm³/mol. The van der Waals surface area contributed by atoms with Gasteiger partial charge < -0.3 is 5.32 Å². The molecule has 1 heterocycles. The molecule has 0 aliphatic heterocycles. The Labute approximate surface area is 137 Å². The molecule has 0 spiro atoms. The number of carbonyl (C=O) groups is 1. The smallest absolute Gasteiger partial charge is 0.275 e. The Bertz CT molecular complexity index is 950. The lowest BCUT2D eigenvalue weighted by Crippen LogP contribution is -2.29. The SMILES string of the molecule is Cc1ccc(Cl)cc1NC(=O)Cn1ncc2ccccc2c1=O. The number of hydrogen-bond donors (Lipinski definition) is 1. The molecular formula is C17H14ClN3O2. The van der Waals surface area contributed by atoms with Crippen LogP contribution in [0.3, 0.4) is 0 Å². The molecule has 0 aliphatic rings. The lowest BCUT2D eigenvalue weighted by molar-refractivity contribution is -0.117. The van der Waals surface area contributed by atoms with Gasteiger partial charge in [-0.2, -0.15) is 5.10 Å². The first-order valence-electron chi connectivity index (χ1n) is 7.05. The highest BCUT2D eigenvalue weighted by atomic mass is 35.5. The van der Waals surface area contributed by atoms with E-state index in [0.29, 0.717) is 16.1 Å². The van der Waals surface area contributed by atoms with E-state index < -0.39 is 0 Å². The fourth-order valence-electron chi connectivity index (χ4n) is 2.29. The summed E-state index contributed by atoms with van der Waals surface area (Å²) in [5, 5.41) is 8.62. The highest BCUT2D eigenvalue weighted by Gasteiger charge is 2.10. The maximum absolute atomic E-state index is 12.3. The summed E-state index contributed by atoms with van der Waals surface area (Å²) in [5.41, 5.74) is 1.22. The van der Waals surface area contributed by atoms with Crippen molar-refractivity contribution in [3.05, 3.63) is 69.6 Å². The Morgan fingerprint density at radius 2 is 2.04 bits per heavy atom. The van der Waals surface area contributed by atoms with Crippen LogP contribution in [0.2, 0.25) is 5.02 Å². The number of fused-ring (bicyclic) bond motifs is 1. The summed E-state index contributed by atoms with van der Waals surface area (Å²) in [6.45, 7) is 1.71. The van der Waals surface area contributed by atoms with Crippen LogP contribution in [0.15, 0.2) is 53.5 Å². The van der Waals surface area contributed by atoms with Crippen LogP contribution in [-0.4, -0.2) is 15.7 Å². The van der Waals surface area contributed by atoms with E-state index in [1.165, 1.54) is 0 Å². The molecule has 1 N–H and O–H groups in total. The monoisotopic (exact) mass is 327 g/mol. The lowest BCUT2D eigenvalue weighted by Gasteiger charge is -2.10. The third-order valence-electron chi connectivity index (χ3n) is 3.53. The number of amides is 1. The molecule has 0 unspecified atom stereocenters. The number of carbonyl (C=O) groups excluding carboxylic acids is 1. The average molecular weight is 328 g/mol. The fourth-order valence-corrected chi connectivity index (χ4v) is 2.47. The zero-order valence-electron chi connectivity index (χ0n) is 12.4. The first-order chi connectivity index (χ1) is 11.0. The minimum absolute atomic E-state index is 0.157. The molecule has 0 saturated carbocycles. The molecule has 116 valence electrons. The summed E-state index contributed by atoms with van der Waals surface area (Å²) in [6.07, 6.45) is 1.58. The van der Waals surface area contributed by atoms with Crippen LogP contribution in [0.25, 0.3) is 10.8 Å². The number of nitrogens with zero attached hydrogens (tertiary/aromatic N) is 2. The van der Waals surface area contributed by atoms with Crippen LogP contribution >= 0.6 is 11.6 Å². The Hall–Kier alpha value is -2.66. The van der Waals surface area contributed by atoms with E-state index in [1.54, 1.807) is 30.5 Å². The van der Waals surface area contributed by atoms with Crippen LogP contribution in [0.1, 0.15) is 5.56 Å². The van der Waals surface area contributed by atoms with Crippen molar-refractivity contribution in [2.75, 3.05) is 5.32 Å². The molecule has 1 amide bonds. The van der Waals surface area contributed by atoms with Gasteiger partial charge in [-0.25, -0.2) is 4.68 Å². The van der Waals surface area contributed by atoms with Crippen molar-refractivity contribution in [2.24, 2.45) is 0 Å². The van der Waals surface area contributed by atoms with E-state index in [4.69, 9.17) is 11.6 Å². The Kier molecular flexibility index (Phi) is 4.12. The highest BCUT2D eigenvalue weighted by Crippen LogP contribution is 2.20. The fraction of sp³-hybridized carbons (Fsp3) is 0.118. The number of hydrogen-bond acceptors (Lipinski definition) is 3. The summed E-state index contributed by atoms with van der Waals surface area (Å²) in [5.74, 6) is -0.333. The van der Waals surface area contributed by atoms with Gasteiger partial charge in [0.15, 0.2) is 0 Å². The third kappa shape index (κ3) is 3.24. The predicted octanol–water partition coefficient (Wildman–Crippen LogP) is 3.00. The van der Waals surface area contributed by atoms with Crippen molar-refractivity contribution in [3.63, 3.8) is 0 Å². The Balaban J connectivity index is 1.84. The summed E-state index contributed by atoms with van der Waals surface area (Å²) in [7, 11) is 0. The second-order valence-electron chi connectivity index (χ2n) is 5.20. The molecular weight excluding hydrogens is 314 g/mol. The van der Waals surface area contributed by atoms with Gasteiger partial charge in [-0.05, 0) is 30.7 Å². The molecule has 0 saturated heterocycles. The maximum atomic E-state index is 12.3. The lowest BCUT2D eigenvalue weighted by atomic mass is 10.2. The zero-order chi connectivity index (χ0) is 16.4. The number of aromatic nitrogens is 2. The molecule has 5 nitrogen and oxygen atoms in total. The number of aryl methyl sites for hydroxylation is 1. The molecule has 0 radical (unpaired) electrons. The van der Waals surface area contributed by atoms with Crippen LogP contribution in [0.5, 0.6) is 0 Å². The molecule has 1 aromatic heterocycles. The molecule has 0 bridgehead atoms. The average Bonchev–Trinajstić information content (AvgIpc) is 2.54. The molecule has 0 aliphatic carbocycles. The second kappa shape index (κ2) is 6.22. The molecule has 6 heteroatoms. The number of anilines is 1. The van der Waals surface area contributed by atoms with Crippen molar-refractivity contribution in [2.45, 2.75) is 13.5 Å². The first kappa shape index (κ1) is 15.2. The topological polar surface area (TPSA) is 64.0 Å². The largest absolute Gasteiger partial charge is 0.324 e. The summed E-state index contributed by atoms with van der Waals surface area (Å²) < 4.78 is 1.15. The summed E-state index contributed by atoms with van der Waals surface area (Å²) in [6, 6.07) is 12.4. The minimum atomic E-state index is -0.333. The summed E-state index contributed by atoms with van der Waals surface area (Å²) >= 11 is 5.93.